The van der Waals surface area contributed by atoms with Gasteiger partial charge in [0, 0.05) is 11.0 Å². The molecule has 60 valence electrons. The summed E-state index contributed by atoms with van der Waals surface area (Å²) < 4.78 is 0. The summed E-state index contributed by atoms with van der Waals surface area (Å²) in [4.78, 5) is 11.8. The van der Waals surface area contributed by atoms with E-state index in [1.54, 1.807) is 0 Å². The van der Waals surface area contributed by atoms with E-state index in [0.717, 1.165) is 24.3 Å². The van der Waals surface area contributed by atoms with E-state index in [1.165, 1.54) is 0 Å². The molecule has 2 aliphatic carbocycles. The molecule has 0 amide bonds. The van der Waals surface area contributed by atoms with Crippen LogP contribution in [0.1, 0.15) is 23.2 Å². The molecule has 2 aliphatic rings. The maximum atomic E-state index is 11.8. The Balaban J connectivity index is 1.94. The second-order valence-corrected chi connectivity index (χ2v) is 3.96. The van der Waals surface area contributed by atoms with Crippen LogP contribution in [-0.4, -0.2) is 5.78 Å². The molecule has 0 bridgehead atoms. The fraction of sp³-hybridized carbons (Fsp3) is 0.364. The smallest absolute Gasteiger partial charge is 0.169 e. The van der Waals surface area contributed by atoms with E-state index < -0.39 is 0 Å². The third-order valence-corrected chi connectivity index (χ3v) is 3.17. The molecule has 0 atom stereocenters. The van der Waals surface area contributed by atoms with Gasteiger partial charge in [0.2, 0.25) is 0 Å². The molecule has 0 aromatic heterocycles. The first-order valence-corrected chi connectivity index (χ1v) is 4.43. The Morgan fingerprint density at radius 3 is 2.33 bits per heavy atom. The summed E-state index contributed by atoms with van der Waals surface area (Å²) in [7, 11) is 0. The summed E-state index contributed by atoms with van der Waals surface area (Å²) >= 11 is 0. The van der Waals surface area contributed by atoms with E-state index in [-0.39, 0.29) is 5.41 Å². The number of rotatable bonds is 2. The van der Waals surface area contributed by atoms with Gasteiger partial charge >= 0.3 is 0 Å². The van der Waals surface area contributed by atoms with E-state index in [2.05, 4.69) is 0 Å². The van der Waals surface area contributed by atoms with Crippen molar-refractivity contribution in [1.82, 2.24) is 0 Å². The van der Waals surface area contributed by atoms with Gasteiger partial charge in [-0.15, -0.1) is 0 Å². The molecule has 3 rings (SSSR count). The number of ketones is 1. The molecule has 0 spiro atoms. The van der Waals surface area contributed by atoms with Crippen LogP contribution in [0.2, 0.25) is 0 Å². The molecule has 2 saturated carbocycles. The molecule has 2 fully saturated rings. The van der Waals surface area contributed by atoms with Crippen molar-refractivity contribution in [3.05, 3.63) is 35.9 Å². The molecule has 1 aromatic carbocycles. The van der Waals surface area contributed by atoms with Crippen LogP contribution in [0.25, 0.3) is 0 Å². The standard InChI is InChI=1S/C11H10O/c12-10(11-6-9(11)7-11)8-4-2-1-3-5-8/h1-5,9H,6-7H2. The van der Waals surface area contributed by atoms with E-state index in [4.69, 9.17) is 0 Å². The van der Waals surface area contributed by atoms with Crippen molar-refractivity contribution < 1.29 is 4.79 Å². The van der Waals surface area contributed by atoms with Gasteiger partial charge in [0.05, 0.1) is 0 Å². The number of Topliss-reactive ketones (excluding diaryl/α,β-unsaturated/α-hetero) is 1. The van der Waals surface area contributed by atoms with Crippen molar-refractivity contribution in [2.45, 2.75) is 12.8 Å². The summed E-state index contributed by atoms with van der Waals surface area (Å²) in [6.45, 7) is 0. The van der Waals surface area contributed by atoms with Crippen molar-refractivity contribution >= 4 is 5.78 Å². The first-order chi connectivity index (χ1) is 5.83. The SMILES string of the molecule is O=C(c1ccccc1)C12CC1C2. The van der Waals surface area contributed by atoms with Gasteiger partial charge < -0.3 is 0 Å². The molecule has 0 aliphatic heterocycles. The van der Waals surface area contributed by atoms with Crippen LogP contribution in [0, 0.1) is 11.3 Å². The normalized spacial score (nSPS) is 35.5. The summed E-state index contributed by atoms with van der Waals surface area (Å²) in [6, 6.07) is 9.66. The van der Waals surface area contributed by atoms with Gasteiger partial charge in [0.15, 0.2) is 5.78 Å². The first-order valence-electron chi connectivity index (χ1n) is 4.43. The number of benzene rings is 1. The summed E-state index contributed by atoms with van der Waals surface area (Å²) in [5.41, 5.74) is 1.04. The number of carbonyl (C=O) groups is 1. The Bertz CT molecular complexity index is 333. The van der Waals surface area contributed by atoms with Crippen molar-refractivity contribution in [3.8, 4) is 0 Å². The lowest BCUT2D eigenvalue weighted by atomic mass is 10.0. The largest absolute Gasteiger partial charge is 0.294 e. The predicted octanol–water partition coefficient (Wildman–Crippen LogP) is 2.28. The molecular weight excluding hydrogens is 148 g/mol. The average molecular weight is 158 g/mol. The monoisotopic (exact) mass is 158 g/mol. The Morgan fingerprint density at radius 2 is 1.83 bits per heavy atom. The molecule has 1 heteroatoms. The van der Waals surface area contributed by atoms with Crippen LogP contribution in [-0.2, 0) is 0 Å². The van der Waals surface area contributed by atoms with Crippen LogP contribution >= 0.6 is 0 Å². The zero-order chi connectivity index (χ0) is 8.18. The van der Waals surface area contributed by atoms with Gasteiger partial charge in [0.1, 0.15) is 0 Å². The van der Waals surface area contributed by atoms with E-state index >= 15 is 0 Å². The Hall–Kier alpha value is -1.11. The minimum Gasteiger partial charge on any atom is -0.294 e. The molecule has 0 heterocycles. The maximum absolute atomic E-state index is 11.8. The van der Waals surface area contributed by atoms with Crippen molar-refractivity contribution in [3.63, 3.8) is 0 Å². The molecule has 12 heavy (non-hydrogen) atoms. The predicted molar refractivity (Wildman–Crippen MR) is 45.9 cm³/mol. The van der Waals surface area contributed by atoms with Gasteiger partial charge in [-0.3, -0.25) is 4.79 Å². The fourth-order valence-corrected chi connectivity index (χ4v) is 1.95. The van der Waals surface area contributed by atoms with Gasteiger partial charge in [0.25, 0.3) is 0 Å². The second-order valence-electron chi connectivity index (χ2n) is 3.96. The first kappa shape index (κ1) is 6.41. The Labute approximate surface area is 71.4 Å². The molecule has 0 saturated heterocycles. The number of hydrogen-bond acceptors (Lipinski definition) is 1. The van der Waals surface area contributed by atoms with Gasteiger partial charge in [-0.2, -0.15) is 0 Å². The van der Waals surface area contributed by atoms with E-state index in [0.29, 0.717) is 5.78 Å². The van der Waals surface area contributed by atoms with Crippen molar-refractivity contribution in [2.24, 2.45) is 11.3 Å². The highest BCUT2D eigenvalue weighted by atomic mass is 16.1. The van der Waals surface area contributed by atoms with Crippen molar-refractivity contribution in [1.29, 1.82) is 0 Å². The van der Waals surface area contributed by atoms with Crippen LogP contribution in [0.15, 0.2) is 30.3 Å². The zero-order valence-electron chi connectivity index (χ0n) is 6.79. The Kier molecular flexibility index (Phi) is 0.957. The molecular formula is C11H10O. The highest BCUT2D eigenvalue weighted by molar-refractivity contribution is 6.05. The lowest BCUT2D eigenvalue weighted by Crippen LogP contribution is -2.06. The molecule has 0 N–H and O–H groups in total. The fourth-order valence-electron chi connectivity index (χ4n) is 1.95. The van der Waals surface area contributed by atoms with E-state index in [1.807, 2.05) is 30.3 Å². The highest BCUT2D eigenvalue weighted by Gasteiger charge is 2.73. The second kappa shape index (κ2) is 1.79. The number of carbonyl (C=O) groups excluding carboxylic acids is 1. The van der Waals surface area contributed by atoms with Gasteiger partial charge in [-0.05, 0) is 18.8 Å². The molecule has 0 unspecified atom stereocenters. The molecule has 0 radical (unpaired) electrons. The minimum absolute atomic E-state index is 0.140. The topological polar surface area (TPSA) is 17.1 Å². The summed E-state index contributed by atoms with van der Waals surface area (Å²) in [6.07, 6.45) is 2.31. The number of hydrogen-bond donors (Lipinski definition) is 0. The van der Waals surface area contributed by atoms with Crippen LogP contribution in [0.4, 0.5) is 0 Å². The molecule has 1 aromatic rings. The van der Waals surface area contributed by atoms with Crippen LogP contribution in [0.5, 0.6) is 0 Å². The van der Waals surface area contributed by atoms with Crippen molar-refractivity contribution in [2.75, 3.05) is 0 Å². The molecule has 1 nitrogen and oxygen atoms in total. The minimum atomic E-state index is 0.140. The lowest BCUT2D eigenvalue weighted by Gasteiger charge is -2.01. The summed E-state index contributed by atoms with van der Waals surface area (Å²) in [5.74, 6) is 1.14. The van der Waals surface area contributed by atoms with Gasteiger partial charge in [-0.1, -0.05) is 30.3 Å². The zero-order valence-corrected chi connectivity index (χ0v) is 6.79. The third-order valence-electron chi connectivity index (χ3n) is 3.17. The summed E-state index contributed by atoms with van der Waals surface area (Å²) in [5, 5.41) is 0. The Morgan fingerprint density at radius 1 is 1.25 bits per heavy atom. The van der Waals surface area contributed by atoms with Crippen LogP contribution in [0.3, 0.4) is 0 Å². The lowest BCUT2D eigenvalue weighted by molar-refractivity contribution is 0.0937. The third kappa shape index (κ3) is 0.663. The van der Waals surface area contributed by atoms with Gasteiger partial charge in [-0.25, -0.2) is 0 Å². The highest BCUT2D eigenvalue weighted by Crippen LogP contribution is 2.76. The van der Waals surface area contributed by atoms with E-state index in [9.17, 15) is 4.79 Å². The quantitative estimate of drug-likeness (QED) is 0.603. The number of fused-ring (bicyclic) bond motifs is 1. The average Bonchev–Trinajstić information content (AvgIpc) is 2.91. The van der Waals surface area contributed by atoms with Crippen LogP contribution < -0.4 is 0 Å². The maximum Gasteiger partial charge on any atom is 0.169 e.